The summed E-state index contributed by atoms with van der Waals surface area (Å²) in [5, 5.41) is 9.71. The Morgan fingerprint density at radius 2 is 2.12 bits per heavy atom. The second-order valence-electron chi connectivity index (χ2n) is 6.49. The predicted octanol–water partition coefficient (Wildman–Crippen LogP) is 2.33. The topological polar surface area (TPSA) is 75.3 Å². The zero-order chi connectivity index (χ0) is 17.1. The number of hydrogen-bond acceptors (Lipinski definition) is 5. The number of aromatic nitrogens is 2. The molecular formula is C17H18F2N4O. The zero-order valence-electron chi connectivity index (χ0n) is 13.2. The summed E-state index contributed by atoms with van der Waals surface area (Å²) in [6, 6.07) is 6.88. The maximum absolute atomic E-state index is 14.3. The summed E-state index contributed by atoms with van der Waals surface area (Å²) in [5.74, 6) is -2.71. The third-order valence-electron chi connectivity index (χ3n) is 4.88. The summed E-state index contributed by atoms with van der Waals surface area (Å²) in [4.78, 5) is 10.4. The molecule has 3 N–H and O–H groups in total. The molecule has 1 unspecified atom stereocenters. The highest BCUT2D eigenvalue weighted by molar-refractivity contribution is 5.70. The van der Waals surface area contributed by atoms with Gasteiger partial charge in [-0.25, -0.2) is 9.97 Å². The first kappa shape index (κ1) is 15.3. The van der Waals surface area contributed by atoms with Crippen molar-refractivity contribution in [2.75, 3.05) is 17.2 Å². The summed E-state index contributed by atoms with van der Waals surface area (Å²) in [6.07, 6.45) is -0.503. The number of anilines is 2. The molecule has 2 atom stereocenters. The number of halogens is 2. The molecule has 0 radical (unpaired) electrons. The second kappa shape index (κ2) is 5.11. The number of alkyl halides is 2. The van der Waals surface area contributed by atoms with E-state index in [9.17, 15) is 13.9 Å². The smallest absolute Gasteiger partial charge is 0.290 e. The first-order valence-corrected chi connectivity index (χ1v) is 7.96. The van der Waals surface area contributed by atoms with Crippen LogP contribution in [0, 0.1) is 0 Å². The van der Waals surface area contributed by atoms with Crippen LogP contribution in [0.15, 0.2) is 24.3 Å². The molecule has 1 aliphatic heterocycles. The van der Waals surface area contributed by atoms with Gasteiger partial charge in [0.05, 0.1) is 17.8 Å². The molecule has 1 saturated heterocycles. The number of nitrogens with two attached hydrogens (primary N) is 1. The van der Waals surface area contributed by atoms with Gasteiger partial charge in [-0.2, -0.15) is 8.78 Å². The van der Waals surface area contributed by atoms with E-state index < -0.39 is 12.0 Å². The number of hydrogen-bond donors (Lipinski definition) is 2. The molecule has 0 bridgehead atoms. The van der Waals surface area contributed by atoms with Crippen molar-refractivity contribution in [1.82, 2.24) is 9.97 Å². The largest absolute Gasteiger partial charge is 0.399 e. The molecule has 1 aromatic carbocycles. The molecule has 24 heavy (non-hydrogen) atoms. The van der Waals surface area contributed by atoms with Gasteiger partial charge in [-0.3, -0.25) is 0 Å². The van der Waals surface area contributed by atoms with E-state index in [1.54, 1.807) is 23.1 Å². The Morgan fingerprint density at radius 3 is 2.79 bits per heavy atom. The fourth-order valence-electron chi connectivity index (χ4n) is 3.32. The maximum atomic E-state index is 14.3. The number of fused-ring (bicyclic) bond motifs is 1. The van der Waals surface area contributed by atoms with Crippen molar-refractivity contribution in [2.24, 2.45) is 0 Å². The molecule has 1 aromatic heterocycles. The molecule has 0 amide bonds. The van der Waals surface area contributed by atoms with Crippen molar-refractivity contribution >= 4 is 11.6 Å². The number of rotatable bonds is 2. The Labute approximate surface area is 138 Å². The maximum Gasteiger partial charge on any atom is 0.290 e. The molecule has 1 fully saturated rings. The van der Waals surface area contributed by atoms with Crippen LogP contribution in [0.5, 0.6) is 0 Å². The average Bonchev–Trinajstić information content (AvgIpc) is 2.86. The fourth-order valence-corrected chi connectivity index (χ4v) is 3.32. The van der Waals surface area contributed by atoms with Crippen molar-refractivity contribution in [3.63, 3.8) is 0 Å². The molecule has 4 rings (SSSR count). The molecule has 1 aliphatic carbocycles. The van der Waals surface area contributed by atoms with Crippen LogP contribution in [0.25, 0.3) is 11.3 Å². The first-order chi connectivity index (χ1) is 11.4. The van der Waals surface area contributed by atoms with Crippen LogP contribution in [-0.4, -0.2) is 33.8 Å². The molecule has 126 valence electrons. The Morgan fingerprint density at radius 1 is 1.33 bits per heavy atom. The Bertz CT molecular complexity index is 811. The molecule has 0 saturated carbocycles. The predicted molar refractivity (Wildman–Crippen MR) is 86.9 cm³/mol. The van der Waals surface area contributed by atoms with Crippen LogP contribution in [0.3, 0.4) is 0 Å². The number of aliphatic hydroxyl groups excluding tert-OH is 1. The monoisotopic (exact) mass is 332 g/mol. The van der Waals surface area contributed by atoms with Gasteiger partial charge in [-0.1, -0.05) is 12.1 Å². The lowest BCUT2D eigenvalue weighted by molar-refractivity contribution is -0.00603. The van der Waals surface area contributed by atoms with Crippen LogP contribution in [0.1, 0.15) is 24.6 Å². The van der Waals surface area contributed by atoms with Crippen LogP contribution >= 0.6 is 0 Å². The first-order valence-electron chi connectivity index (χ1n) is 7.96. The Hall–Kier alpha value is -2.28. The molecule has 2 heterocycles. The highest BCUT2D eigenvalue weighted by Crippen LogP contribution is 2.44. The van der Waals surface area contributed by atoms with Crippen LogP contribution < -0.4 is 10.6 Å². The lowest BCUT2D eigenvalue weighted by atomic mass is 10.0. The van der Waals surface area contributed by atoms with Gasteiger partial charge in [0.15, 0.2) is 0 Å². The van der Waals surface area contributed by atoms with Crippen LogP contribution in [-0.2, 0) is 12.3 Å². The summed E-state index contributed by atoms with van der Waals surface area (Å²) >= 11 is 0. The normalized spacial score (nSPS) is 24.6. The van der Waals surface area contributed by atoms with Gasteiger partial charge in [0.1, 0.15) is 5.69 Å². The molecular weight excluding hydrogens is 314 g/mol. The van der Waals surface area contributed by atoms with Gasteiger partial charge in [0.2, 0.25) is 5.95 Å². The molecule has 2 aromatic rings. The van der Waals surface area contributed by atoms with Gasteiger partial charge in [0, 0.05) is 29.8 Å². The fraction of sp³-hybridized carbons (Fsp3) is 0.412. The second-order valence-corrected chi connectivity index (χ2v) is 6.49. The number of nitrogen functional groups attached to an aromatic ring is 1. The molecule has 0 spiro atoms. The van der Waals surface area contributed by atoms with Crippen LogP contribution in [0.4, 0.5) is 20.4 Å². The average molecular weight is 332 g/mol. The van der Waals surface area contributed by atoms with E-state index in [0.717, 1.165) is 0 Å². The minimum absolute atomic E-state index is 0.188. The number of benzene rings is 1. The summed E-state index contributed by atoms with van der Waals surface area (Å²) in [5.41, 5.74) is 7.90. The standard InChI is InChI=1S/C17H18F2N4O/c1-9-13(24)8-23(9)16-21-14(10-3-2-4-11(20)7-10)12-5-6-17(18,19)15(12)22-16/h2-4,7,9,13,24H,5-6,8,20H2,1H3/t9-,13?/m1/s1. The summed E-state index contributed by atoms with van der Waals surface area (Å²) < 4.78 is 28.5. The van der Waals surface area contributed by atoms with E-state index in [4.69, 9.17) is 5.73 Å². The lowest BCUT2D eigenvalue weighted by Gasteiger charge is -2.43. The molecule has 7 heteroatoms. The number of aliphatic hydroxyl groups is 1. The van der Waals surface area contributed by atoms with E-state index in [-0.39, 0.29) is 30.5 Å². The summed E-state index contributed by atoms with van der Waals surface area (Å²) in [7, 11) is 0. The minimum Gasteiger partial charge on any atom is -0.399 e. The molecule has 5 nitrogen and oxygen atoms in total. The highest BCUT2D eigenvalue weighted by atomic mass is 19.3. The van der Waals surface area contributed by atoms with Crippen molar-refractivity contribution < 1.29 is 13.9 Å². The highest BCUT2D eigenvalue weighted by Gasteiger charge is 2.45. The van der Waals surface area contributed by atoms with E-state index in [1.807, 2.05) is 13.0 Å². The van der Waals surface area contributed by atoms with Gasteiger partial charge >= 0.3 is 0 Å². The van der Waals surface area contributed by atoms with Gasteiger partial charge in [0.25, 0.3) is 5.92 Å². The van der Waals surface area contributed by atoms with E-state index >= 15 is 0 Å². The SMILES string of the molecule is C[C@@H]1C(O)CN1c1nc(-c2cccc(N)c2)c2c(n1)C(F)(F)CC2. The quantitative estimate of drug-likeness (QED) is 0.826. The van der Waals surface area contributed by atoms with Gasteiger partial charge in [-0.05, 0) is 25.5 Å². The summed E-state index contributed by atoms with van der Waals surface area (Å²) in [6.45, 7) is 2.17. The lowest BCUT2D eigenvalue weighted by Crippen LogP contribution is -2.59. The minimum atomic E-state index is -2.95. The zero-order valence-corrected chi connectivity index (χ0v) is 13.2. The molecule has 2 aliphatic rings. The van der Waals surface area contributed by atoms with E-state index in [1.165, 1.54) is 0 Å². The number of nitrogens with zero attached hydrogens (tertiary/aromatic N) is 3. The van der Waals surface area contributed by atoms with Crippen molar-refractivity contribution in [3.05, 3.63) is 35.5 Å². The van der Waals surface area contributed by atoms with E-state index in [0.29, 0.717) is 29.1 Å². The third kappa shape index (κ3) is 2.23. The van der Waals surface area contributed by atoms with E-state index in [2.05, 4.69) is 9.97 Å². The Balaban J connectivity index is 1.88. The van der Waals surface area contributed by atoms with Crippen molar-refractivity contribution in [1.29, 1.82) is 0 Å². The number of β-amino-alcohol motifs (C(OH)–C–C–N with tert-alkyl or cyclic N) is 1. The van der Waals surface area contributed by atoms with Crippen LogP contribution in [0.2, 0.25) is 0 Å². The van der Waals surface area contributed by atoms with Crippen molar-refractivity contribution in [3.8, 4) is 11.3 Å². The third-order valence-corrected chi connectivity index (χ3v) is 4.88. The van der Waals surface area contributed by atoms with Gasteiger partial charge < -0.3 is 15.7 Å². The Kier molecular flexibility index (Phi) is 3.25. The van der Waals surface area contributed by atoms with Gasteiger partial charge in [-0.15, -0.1) is 0 Å². The van der Waals surface area contributed by atoms with Crippen molar-refractivity contribution in [2.45, 2.75) is 37.8 Å².